The fraction of sp³-hybridized carbons (Fsp3) is 0.237. The maximum atomic E-state index is 13.5. The molecule has 2 aromatic heterocycles. The maximum Gasteiger partial charge on any atom is 0.252 e. The number of nitrogens with one attached hydrogen (secondary N) is 2. The van der Waals surface area contributed by atoms with E-state index in [0.717, 1.165) is 57.5 Å². The van der Waals surface area contributed by atoms with Crippen LogP contribution in [0.5, 0.6) is 11.5 Å². The second kappa shape index (κ2) is 13.0. The molecule has 2 heterocycles. The number of rotatable bonds is 10. The molecular weight excluding hydrogens is 590 g/mol. The van der Waals surface area contributed by atoms with Crippen LogP contribution >= 0.6 is 0 Å². The number of nitrogens with two attached hydrogens (primary N) is 1. The Kier molecular flexibility index (Phi) is 8.35. The van der Waals surface area contributed by atoms with E-state index in [4.69, 9.17) is 15.5 Å². The molecule has 238 valence electrons. The molecule has 1 aliphatic carbocycles. The molecule has 0 unspecified atom stereocenters. The van der Waals surface area contributed by atoms with E-state index in [-0.39, 0.29) is 12.2 Å². The van der Waals surface area contributed by atoms with E-state index >= 15 is 0 Å². The van der Waals surface area contributed by atoms with Crippen LogP contribution in [-0.4, -0.2) is 37.5 Å². The number of primary amides is 1. The van der Waals surface area contributed by atoms with Crippen molar-refractivity contribution in [1.82, 2.24) is 19.9 Å². The molecule has 5 N–H and O–H groups in total. The van der Waals surface area contributed by atoms with Gasteiger partial charge in [-0.3, -0.25) is 9.59 Å². The third-order valence-corrected chi connectivity index (χ3v) is 9.08. The van der Waals surface area contributed by atoms with Crippen molar-refractivity contribution in [1.29, 1.82) is 0 Å². The van der Waals surface area contributed by atoms with Crippen molar-refractivity contribution < 1.29 is 19.4 Å². The summed E-state index contributed by atoms with van der Waals surface area (Å²) in [4.78, 5) is 34.1. The number of phenols is 1. The summed E-state index contributed by atoms with van der Waals surface area (Å²) in [5, 5.41) is 13.5. The minimum atomic E-state index is -0.947. The van der Waals surface area contributed by atoms with Crippen LogP contribution in [0.25, 0.3) is 33.3 Å². The molecule has 0 saturated heterocycles. The van der Waals surface area contributed by atoms with Gasteiger partial charge >= 0.3 is 0 Å². The van der Waals surface area contributed by atoms with Crippen molar-refractivity contribution in [3.8, 4) is 22.9 Å². The van der Waals surface area contributed by atoms with Crippen LogP contribution in [0.15, 0.2) is 97.2 Å². The van der Waals surface area contributed by atoms with E-state index < -0.39 is 17.9 Å². The molecular formula is C38H37N5O4. The minimum absolute atomic E-state index is 0.116. The molecule has 0 spiro atoms. The number of nitrogens with zero attached hydrogens (tertiary/aromatic N) is 2. The Morgan fingerprint density at radius 2 is 1.77 bits per heavy atom. The number of aromatic amines is 1. The van der Waals surface area contributed by atoms with Gasteiger partial charge in [0.25, 0.3) is 5.91 Å². The zero-order chi connectivity index (χ0) is 32.3. The molecule has 1 aliphatic rings. The minimum Gasteiger partial charge on any atom is -0.508 e. The number of aromatic hydroxyl groups is 1. The van der Waals surface area contributed by atoms with Crippen LogP contribution in [0.3, 0.4) is 0 Å². The predicted molar refractivity (Wildman–Crippen MR) is 182 cm³/mol. The van der Waals surface area contributed by atoms with Crippen LogP contribution in [0, 0.1) is 0 Å². The summed E-state index contributed by atoms with van der Waals surface area (Å²) in [5.74, 6) is 0.703. The van der Waals surface area contributed by atoms with Crippen molar-refractivity contribution >= 4 is 33.8 Å². The summed E-state index contributed by atoms with van der Waals surface area (Å²) in [5.41, 5.74) is 11.5. The molecule has 0 bridgehead atoms. The molecule has 9 heteroatoms. The fourth-order valence-electron chi connectivity index (χ4n) is 6.61. The highest BCUT2D eigenvalue weighted by atomic mass is 16.5. The average Bonchev–Trinajstić information content (AvgIpc) is 3.68. The lowest BCUT2D eigenvalue weighted by Gasteiger charge is -2.25. The first kappa shape index (κ1) is 30.1. The lowest BCUT2D eigenvalue weighted by molar-refractivity contribution is -0.119. The highest BCUT2D eigenvalue weighted by Crippen LogP contribution is 2.36. The zero-order valence-corrected chi connectivity index (χ0v) is 26.0. The van der Waals surface area contributed by atoms with Gasteiger partial charge in [0.05, 0.1) is 11.0 Å². The Hall–Kier alpha value is -5.57. The number of ether oxygens (including phenoxy) is 1. The largest absolute Gasteiger partial charge is 0.508 e. The molecule has 1 atom stereocenters. The first-order valence-electron chi connectivity index (χ1n) is 16.1. The smallest absolute Gasteiger partial charge is 0.252 e. The second-order valence-corrected chi connectivity index (χ2v) is 12.3. The normalized spacial score (nSPS) is 14.3. The number of imidazole rings is 1. The molecule has 0 aliphatic heterocycles. The van der Waals surface area contributed by atoms with Gasteiger partial charge in [-0.2, -0.15) is 0 Å². The van der Waals surface area contributed by atoms with E-state index in [0.29, 0.717) is 23.7 Å². The topological polar surface area (TPSA) is 135 Å². The van der Waals surface area contributed by atoms with Gasteiger partial charge in [-0.15, -0.1) is 0 Å². The lowest BCUT2D eigenvalue weighted by Crippen LogP contribution is -2.45. The molecule has 47 heavy (non-hydrogen) atoms. The summed E-state index contributed by atoms with van der Waals surface area (Å²) in [6, 6.07) is 28.0. The Morgan fingerprint density at radius 3 is 2.53 bits per heavy atom. The number of amides is 2. The molecule has 6 aromatic rings. The molecule has 1 fully saturated rings. The Morgan fingerprint density at radius 1 is 0.979 bits per heavy atom. The van der Waals surface area contributed by atoms with Gasteiger partial charge in [-0.05, 0) is 84.6 Å². The lowest BCUT2D eigenvalue weighted by atomic mass is 9.94. The van der Waals surface area contributed by atoms with Crippen LogP contribution in [0.4, 0.5) is 0 Å². The first-order valence-corrected chi connectivity index (χ1v) is 16.1. The van der Waals surface area contributed by atoms with Crippen molar-refractivity contribution in [2.24, 2.45) is 5.73 Å². The van der Waals surface area contributed by atoms with E-state index in [1.165, 1.54) is 19.3 Å². The molecule has 7 rings (SSSR count). The van der Waals surface area contributed by atoms with Crippen molar-refractivity contribution in [2.75, 3.05) is 0 Å². The standard InChI is InChI=1S/C38H37N5O4/c39-36(45)34(20-27-22-40-32-17-14-29(44)21-31(27)32)42-38(46)26-13-18-35-33(19-26)41-37(43(35)28-9-5-2-6-10-28)25-11-15-30(16-12-25)47-23-24-7-3-1-4-8-24/h1,3-4,7-8,11-19,21-22,28,34,40,44H,2,5-6,9-10,20,23H2,(H2,39,45)(H,42,46)/t34-/m0/s1. The number of phenolic OH excluding ortho intramolecular Hbond substituents is 1. The monoisotopic (exact) mass is 627 g/mol. The summed E-state index contributed by atoms with van der Waals surface area (Å²) < 4.78 is 8.35. The Labute approximate surface area is 272 Å². The number of H-pyrrole nitrogens is 1. The highest BCUT2D eigenvalue weighted by Gasteiger charge is 2.25. The number of carbonyl (C=O) groups is 2. The summed E-state index contributed by atoms with van der Waals surface area (Å²) in [6.07, 6.45) is 7.66. The number of hydrogen-bond donors (Lipinski definition) is 4. The van der Waals surface area contributed by atoms with Gasteiger partial charge < -0.3 is 30.4 Å². The van der Waals surface area contributed by atoms with E-state index in [2.05, 4.69) is 14.9 Å². The van der Waals surface area contributed by atoms with E-state index in [9.17, 15) is 14.7 Å². The second-order valence-electron chi connectivity index (χ2n) is 12.3. The third kappa shape index (κ3) is 6.42. The molecule has 2 amide bonds. The van der Waals surface area contributed by atoms with Gasteiger partial charge in [0.15, 0.2) is 0 Å². The number of fused-ring (bicyclic) bond motifs is 2. The predicted octanol–water partition coefficient (Wildman–Crippen LogP) is 6.80. The summed E-state index contributed by atoms with van der Waals surface area (Å²) >= 11 is 0. The maximum absolute atomic E-state index is 13.5. The average molecular weight is 628 g/mol. The molecule has 4 aromatic carbocycles. The number of carbonyl (C=O) groups excluding carboxylic acids is 2. The molecule has 9 nitrogen and oxygen atoms in total. The molecule has 1 saturated carbocycles. The number of benzene rings is 4. The van der Waals surface area contributed by atoms with Gasteiger partial charge in [-0.1, -0.05) is 49.6 Å². The summed E-state index contributed by atoms with van der Waals surface area (Å²) in [6.45, 7) is 0.494. The number of aromatic nitrogens is 3. The Balaban J connectivity index is 1.15. The fourth-order valence-corrected chi connectivity index (χ4v) is 6.61. The quantitative estimate of drug-likeness (QED) is 0.132. The third-order valence-electron chi connectivity index (χ3n) is 9.08. The van der Waals surface area contributed by atoms with Crippen LogP contribution < -0.4 is 15.8 Å². The number of hydrogen-bond acceptors (Lipinski definition) is 5. The van der Waals surface area contributed by atoms with Crippen LogP contribution in [-0.2, 0) is 17.8 Å². The van der Waals surface area contributed by atoms with E-state index in [1.807, 2.05) is 60.7 Å². The summed E-state index contributed by atoms with van der Waals surface area (Å²) in [7, 11) is 0. The first-order chi connectivity index (χ1) is 22.9. The Bertz CT molecular complexity index is 2040. The van der Waals surface area contributed by atoms with Crippen molar-refractivity contribution in [2.45, 2.75) is 57.2 Å². The van der Waals surface area contributed by atoms with Crippen molar-refractivity contribution in [3.63, 3.8) is 0 Å². The van der Waals surface area contributed by atoms with Gasteiger partial charge in [-0.25, -0.2) is 4.98 Å². The SMILES string of the molecule is NC(=O)[C@H](Cc1c[nH]c2ccc(O)cc12)NC(=O)c1ccc2c(c1)nc(-c1ccc(OCc3ccccc3)cc1)n2C1CCCCC1. The van der Waals surface area contributed by atoms with Gasteiger partial charge in [0.1, 0.15) is 30.0 Å². The highest BCUT2D eigenvalue weighted by molar-refractivity contribution is 6.00. The van der Waals surface area contributed by atoms with Crippen LogP contribution in [0.2, 0.25) is 0 Å². The van der Waals surface area contributed by atoms with Gasteiger partial charge in [0, 0.05) is 40.7 Å². The van der Waals surface area contributed by atoms with E-state index in [1.54, 1.807) is 36.5 Å². The molecule has 0 radical (unpaired) electrons. The van der Waals surface area contributed by atoms with Gasteiger partial charge in [0.2, 0.25) is 5.91 Å². The zero-order valence-electron chi connectivity index (χ0n) is 26.0. The van der Waals surface area contributed by atoms with Crippen LogP contribution in [0.1, 0.15) is 59.6 Å². The van der Waals surface area contributed by atoms with Crippen molar-refractivity contribution in [3.05, 3.63) is 114 Å².